The lowest BCUT2D eigenvalue weighted by atomic mass is 10.0. The van der Waals surface area contributed by atoms with Gasteiger partial charge in [-0.15, -0.1) is 11.8 Å². The maximum Gasteiger partial charge on any atom is 0.157 e. The summed E-state index contributed by atoms with van der Waals surface area (Å²) in [5.41, 5.74) is -0.151. The van der Waals surface area contributed by atoms with Gasteiger partial charge in [0, 0.05) is 17.4 Å². The Kier molecular flexibility index (Phi) is 2.87. The molecule has 1 atom stereocenters. The first-order valence-corrected chi connectivity index (χ1v) is 6.17. The lowest BCUT2D eigenvalue weighted by Crippen LogP contribution is -2.31. The minimum atomic E-state index is -0.704. The Balaban J connectivity index is 2.40. The molecule has 2 rings (SSSR count). The molecule has 1 aliphatic heterocycles. The van der Waals surface area contributed by atoms with Gasteiger partial charge in [0.05, 0.1) is 0 Å². The summed E-state index contributed by atoms with van der Waals surface area (Å²) in [6.07, 6.45) is 0. The largest absolute Gasteiger partial charge is 0.508 e. The molecule has 1 aliphatic rings. The molecular formula is C12H13NO3S. The summed E-state index contributed by atoms with van der Waals surface area (Å²) in [6.45, 7) is 3.30. The summed E-state index contributed by atoms with van der Waals surface area (Å²) in [7, 11) is 0. The third-order valence-corrected chi connectivity index (χ3v) is 4.10. The number of hydrogen-bond acceptors (Lipinski definition) is 5. The van der Waals surface area contributed by atoms with Crippen molar-refractivity contribution in [1.82, 2.24) is 0 Å². The van der Waals surface area contributed by atoms with Crippen LogP contribution in [0, 0.1) is 0 Å². The Hall–Kier alpha value is -1.49. The number of Topliss-reactive ketones (excluding diaryl/α,β-unsaturated/α-hetero) is 1. The molecule has 17 heavy (non-hydrogen) atoms. The first-order valence-electron chi connectivity index (χ1n) is 5.18. The van der Waals surface area contributed by atoms with Crippen molar-refractivity contribution in [3.8, 4) is 11.5 Å². The Morgan fingerprint density at radius 3 is 2.71 bits per heavy atom. The minimum absolute atomic E-state index is 0.00387. The number of rotatable bonds is 2. The highest BCUT2D eigenvalue weighted by atomic mass is 32.2. The van der Waals surface area contributed by atoms with Crippen LogP contribution in [0.2, 0.25) is 0 Å². The van der Waals surface area contributed by atoms with Crippen molar-refractivity contribution < 1.29 is 15.0 Å². The van der Waals surface area contributed by atoms with Crippen molar-refractivity contribution in [2.45, 2.75) is 19.4 Å². The van der Waals surface area contributed by atoms with E-state index < -0.39 is 5.54 Å². The smallest absolute Gasteiger partial charge is 0.157 e. The van der Waals surface area contributed by atoms with Crippen molar-refractivity contribution in [2.75, 3.05) is 5.75 Å². The topological polar surface area (TPSA) is 69.9 Å². The molecule has 0 spiro atoms. The number of benzene rings is 1. The molecule has 0 aliphatic carbocycles. The predicted octanol–water partition coefficient (Wildman–Crippen LogP) is 1.94. The zero-order valence-corrected chi connectivity index (χ0v) is 10.4. The second-order valence-electron chi connectivity index (χ2n) is 4.24. The molecule has 0 fully saturated rings. The van der Waals surface area contributed by atoms with E-state index in [-0.39, 0.29) is 17.3 Å². The molecule has 1 heterocycles. The quantitative estimate of drug-likeness (QED) is 0.842. The molecule has 0 radical (unpaired) electrons. The van der Waals surface area contributed by atoms with E-state index in [4.69, 9.17) is 0 Å². The van der Waals surface area contributed by atoms with E-state index in [1.165, 1.54) is 30.8 Å². The van der Waals surface area contributed by atoms with Gasteiger partial charge in [0.15, 0.2) is 5.78 Å². The molecular weight excluding hydrogens is 238 g/mol. The second kappa shape index (κ2) is 4.07. The van der Waals surface area contributed by atoms with Gasteiger partial charge in [-0.25, -0.2) is 0 Å². The van der Waals surface area contributed by atoms with Crippen molar-refractivity contribution in [1.29, 1.82) is 0 Å². The molecule has 0 amide bonds. The van der Waals surface area contributed by atoms with Gasteiger partial charge in [-0.3, -0.25) is 9.79 Å². The van der Waals surface area contributed by atoms with Gasteiger partial charge in [-0.2, -0.15) is 0 Å². The zero-order chi connectivity index (χ0) is 12.6. The van der Waals surface area contributed by atoms with Crippen molar-refractivity contribution in [2.24, 2.45) is 4.99 Å². The Labute approximate surface area is 103 Å². The van der Waals surface area contributed by atoms with Crippen LogP contribution >= 0.6 is 11.8 Å². The highest BCUT2D eigenvalue weighted by molar-refractivity contribution is 8.14. The molecule has 5 heteroatoms. The molecule has 1 aromatic carbocycles. The summed E-state index contributed by atoms with van der Waals surface area (Å²) < 4.78 is 0. The Morgan fingerprint density at radius 2 is 2.18 bits per heavy atom. The van der Waals surface area contributed by atoms with Crippen LogP contribution in [0.4, 0.5) is 0 Å². The van der Waals surface area contributed by atoms with E-state index in [0.29, 0.717) is 16.4 Å². The fourth-order valence-electron chi connectivity index (χ4n) is 1.52. The molecule has 0 bridgehead atoms. The van der Waals surface area contributed by atoms with Gasteiger partial charge < -0.3 is 10.2 Å². The Bertz CT molecular complexity index is 512. The number of carbonyl (C=O) groups excluding carboxylic acids is 1. The minimum Gasteiger partial charge on any atom is -0.508 e. The number of ketones is 1. The summed E-state index contributed by atoms with van der Waals surface area (Å²) in [5.74, 6) is 0.573. The standard InChI is InChI=1S/C12H13NO3S/c1-7(14)12(2)6-17-11(13-12)9-4-3-8(15)5-10(9)16/h3-5,15-16H,6H2,1-2H3/t12-/m0/s1. The first kappa shape index (κ1) is 12.0. The van der Waals surface area contributed by atoms with Crippen LogP contribution < -0.4 is 0 Å². The average molecular weight is 251 g/mol. The summed E-state index contributed by atoms with van der Waals surface area (Å²) in [6, 6.07) is 4.35. The van der Waals surface area contributed by atoms with E-state index >= 15 is 0 Å². The van der Waals surface area contributed by atoms with Crippen LogP contribution in [0.25, 0.3) is 0 Å². The summed E-state index contributed by atoms with van der Waals surface area (Å²) in [4.78, 5) is 15.8. The van der Waals surface area contributed by atoms with Gasteiger partial charge in [0.1, 0.15) is 22.1 Å². The number of phenolic OH excluding ortho intramolecular Hbond substituents is 2. The first-order chi connectivity index (χ1) is 7.92. The third-order valence-electron chi connectivity index (χ3n) is 2.81. The highest BCUT2D eigenvalue weighted by Gasteiger charge is 2.36. The molecule has 0 aromatic heterocycles. The zero-order valence-electron chi connectivity index (χ0n) is 9.60. The van der Waals surface area contributed by atoms with Crippen molar-refractivity contribution >= 4 is 22.6 Å². The molecule has 0 saturated carbocycles. The van der Waals surface area contributed by atoms with Crippen LogP contribution in [-0.4, -0.2) is 32.3 Å². The predicted molar refractivity (Wildman–Crippen MR) is 67.9 cm³/mol. The van der Waals surface area contributed by atoms with Crippen LogP contribution in [0.5, 0.6) is 11.5 Å². The van der Waals surface area contributed by atoms with Crippen LogP contribution in [-0.2, 0) is 4.79 Å². The second-order valence-corrected chi connectivity index (χ2v) is 5.20. The summed E-state index contributed by atoms with van der Waals surface area (Å²) in [5, 5.41) is 19.6. The number of aliphatic imine (C=N–C) groups is 1. The summed E-state index contributed by atoms with van der Waals surface area (Å²) >= 11 is 1.44. The lowest BCUT2D eigenvalue weighted by molar-refractivity contribution is -0.120. The molecule has 0 unspecified atom stereocenters. The van der Waals surface area contributed by atoms with Crippen LogP contribution in [0.3, 0.4) is 0 Å². The monoisotopic (exact) mass is 251 g/mol. The molecule has 1 aromatic rings. The van der Waals surface area contributed by atoms with Crippen LogP contribution in [0.1, 0.15) is 19.4 Å². The number of thioether (sulfide) groups is 1. The van der Waals surface area contributed by atoms with Gasteiger partial charge in [-0.05, 0) is 26.0 Å². The number of carbonyl (C=O) groups is 1. The van der Waals surface area contributed by atoms with E-state index in [1.807, 2.05) is 0 Å². The van der Waals surface area contributed by atoms with Gasteiger partial charge in [0.25, 0.3) is 0 Å². The van der Waals surface area contributed by atoms with E-state index in [1.54, 1.807) is 13.0 Å². The SMILES string of the molecule is CC(=O)[C@]1(C)CSC(c2ccc(O)cc2O)=N1. The van der Waals surface area contributed by atoms with E-state index in [2.05, 4.69) is 4.99 Å². The van der Waals surface area contributed by atoms with E-state index in [0.717, 1.165) is 0 Å². The number of aromatic hydroxyl groups is 2. The van der Waals surface area contributed by atoms with Gasteiger partial charge >= 0.3 is 0 Å². The van der Waals surface area contributed by atoms with Gasteiger partial charge in [0.2, 0.25) is 0 Å². The highest BCUT2D eigenvalue weighted by Crippen LogP contribution is 2.35. The maximum atomic E-state index is 11.5. The number of phenols is 2. The van der Waals surface area contributed by atoms with Gasteiger partial charge in [-0.1, -0.05) is 0 Å². The van der Waals surface area contributed by atoms with Crippen molar-refractivity contribution in [3.05, 3.63) is 23.8 Å². The fraction of sp³-hybridized carbons (Fsp3) is 0.333. The number of nitrogens with zero attached hydrogens (tertiary/aromatic N) is 1. The molecule has 90 valence electrons. The van der Waals surface area contributed by atoms with Crippen molar-refractivity contribution in [3.63, 3.8) is 0 Å². The average Bonchev–Trinajstić information content (AvgIpc) is 2.62. The normalized spacial score (nSPS) is 23.5. The Morgan fingerprint density at radius 1 is 1.47 bits per heavy atom. The maximum absolute atomic E-state index is 11.5. The number of hydrogen-bond donors (Lipinski definition) is 2. The molecule has 0 saturated heterocycles. The fourth-order valence-corrected chi connectivity index (χ4v) is 2.80. The molecule has 2 N–H and O–H groups in total. The third kappa shape index (κ3) is 2.15. The molecule has 4 nitrogen and oxygen atoms in total. The lowest BCUT2D eigenvalue weighted by Gasteiger charge is -2.14. The van der Waals surface area contributed by atoms with Crippen LogP contribution in [0.15, 0.2) is 23.2 Å². The van der Waals surface area contributed by atoms with E-state index in [9.17, 15) is 15.0 Å².